The number of aromatic nitrogens is 2. The Hall–Kier alpha value is -2.24. The molecule has 0 aliphatic carbocycles. The van der Waals surface area contributed by atoms with Crippen LogP contribution in [0.25, 0.3) is 0 Å². The normalized spacial score (nSPS) is 16.8. The first kappa shape index (κ1) is 35.0. The van der Waals surface area contributed by atoms with Gasteiger partial charge in [0.25, 0.3) is 5.92 Å². The second kappa shape index (κ2) is 17.7. The molecule has 3 heterocycles. The van der Waals surface area contributed by atoms with Gasteiger partial charge in [0.15, 0.2) is 0 Å². The molecule has 1 aromatic carbocycles. The SMILES string of the molecule is CCC(=O)N1Cc2nc(Cl)nc(CC)c2C1.CCCOCCC.CN1CCOC(C(F)(F)c2cccc(CN)c2)C1. The maximum atomic E-state index is 14.3. The van der Waals surface area contributed by atoms with E-state index in [0.29, 0.717) is 38.2 Å². The molecule has 1 aromatic heterocycles. The Morgan fingerprint density at radius 3 is 2.46 bits per heavy atom. The van der Waals surface area contributed by atoms with Gasteiger partial charge in [-0.25, -0.2) is 9.97 Å². The van der Waals surface area contributed by atoms with E-state index in [4.69, 9.17) is 26.8 Å². The summed E-state index contributed by atoms with van der Waals surface area (Å²) >= 11 is 5.84. The van der Waals surface area contributed by atoms with Crippen LogP contribution in [0.3, 0.4) is 0 Å². The number of likely N-dealkylation sites (N-methyl/N-ethyl adjacent to an activating group) is 1. The first-order valence-corrected chi connectivity index (χ1v) is 14.9. The van der Waals surface area contributed by atoms with E-state index in [0.717, 1.165) is 49.4 Å². The second-order valence-electron chi connectivity index (χ2n) is 10.1. The van der Waals surface area contributed by atoms with Gasteiger partial charge in [0, 0.05) is 56.9 Å². The number of carbonyl (C=O) groups excluding carboxylic acids is 1. The van der Waals surface area contributed by atoms with Crippen molar-refractivity contribution < 1.29 is 23.0 Å². The van der Waals surface area contributed by atoms with Gasteiger partial charge in [-0.15, -0.1) is 0 Å². The van der Waals surface area contributed by atoms with Crippen molar-refractivity contribution in [3.63, 3.8) is 0 Å². The van der Waals surface area contributed by atoms with Crippen LogP contribution in [0.4, 0.5) is 8.78 Å². The van der Waals surface area contributed by atoms with Crippen molar-refractivity contribution in [1.82, 2.24) is 19.8 Å². The molecular weight excluding hydrogens is 552 g/mol. The zero-order valence-corrected chi connectivity index (χ0v) is 25.9. The number of fused-ring (bicyclic) bond motifs is 1. The molecular formula is C30H46ClF2N5O3. The van der Waals surface area contributed by atoms with Gasteiger partial charge in [-0.1, -0.05) is 45.9 Å². The molecule has 0 bridgehead atoms. The fourth-order valence-electron chi connectivity index (χ4n) is 4.46. The van der Waals surface area contributed by atoms with Crippen LogP contribution in [-0.2, 0) is 46.2 Å². The topological polar surface area (TPSA) is 93.8 Å². The highest BCUT2D eigenvalue weighted by molar-refractivity contribution is 6.28. The van der Waals surface area contributed by atoms with E-state index < -0.39 is 12.0 Å². The third-order valence-electron chi connectivity index (χ3n) is 6.75. The van der Waals surface area contributed by atoms with E-state index in [1.165, 1.54) is 12.1 Å². The van der Waals surface area contributed by atoms with Crippen molar-refractivity contribution >= 4 is 17.5 Å². The van der Waals surface area contributed by atoms with Crippen molar-refractivity contribution in [1.29, 1.82) is 0 Å². The van der Waals surface area contributed by atoms with E-state index in [2.05, 4.69) is 23.8 Å². The predicted octanol–water partition coefficient (Wildman–Crippen LogP) is 5.34. The van der Waals surface area contributed by atoms with Crippen LogP contribution in [0.15, 0.2) is 24.3 Å². The zero-order chi connectivity index (χ0) is 30.4. The molecule has 1 fully saturated rings. The lowest BCUT2D eigenvalue weighted by molar-refractivity contribution is -0.169. The summed E-state index contributed by atoms with van der Waals surface area (Å²) in [5, 5.41) is 0.279. The standard InChI is InChI=1S/C13H18F2N2O.C11H14ClN3O.C6H14O/c1-17-5-6-18-12(9-17)13(14,15)11-4-2-3-10(7-11)8-16;1-3-8-7-5-15(10(16)4-2)6-9(7)14-11(12)13-8;1-3-5-7-6-4-2/h2-4,7,12H,5-6,8-9,16H2,1H3;3-6H2,1-2H3;3-6H2,1-2H3. The second-order valence-corrected chi connectivity index (χ2v) is 10.4. The summed E-state index contributed by atoms with van der Waals surface area (Å²) in [5.41, 5.74) is 9.10. The Labute approximate surface area is 248 Å². The summed E-state index contributed by atoms with van der Waals surface area (Å²) in [5.74, 6) is -2.84. The third kappa shape index (κ3) is 10.5. The first-order chi connectivity index (χ1) is 19.6. The van der Waals surface area contributed by atoms with Crippen LogP contribution in [0.2, 0.25) is 5.28 Å². The van der Waals surface area contributed by atoms with Crippen LogP contribution in [-0.4, -0.2) is 71.7 Å². The lowest BCUT2D eigenvalue weighted by Gasteiger charge is -2.35. The molecule has 0 saturated carbocycles. The lowest BCUT2D eigenvalue weighted by atomic mass is 10.00. The summed E-state index contributed by atoms with van der Waals surface area (Å²) in [6.45, 7) is 12.7. The highest BCUT2D eigenvalue weighted by Gasteiger charge is 2.44. The van der Waals surface area contributed by atoms with Crippen LogP contribution in [0.5, 0.6) is 0 Å². The monoisotopic (exact) mass is 597 g/mol. The van der Waals surface area contributed by atoms with Crippen LogP contribution < -0.4 is 5.73 Å². The van der Waals surface area contributed by atoms with Crippen LogP contribution in [0.1, 0.15) is 75.0 Å². The van der Waals surface area contributed by atoms with Gasteiger partial charge in [-0.3, -0.25) is 4.79 Å². The molecule has 0 radical (unpaired) electrons. The maximum absolute atomic E-state index is 14.3. The molecule has 8 nitrogen and oxygen atoms in total. The van der Waals surface area contributed by atoms with Crippen molar-refractivity contribution in [2.45, 2.75) is 85.0 Å². The summed E-state index contributed by atoms with van der Waals surface area (Å²) in [6.07, 6.45) is 2.53. The molecule has 2 aliphatic heterocycles. The molecule has 0 spiro atoms. The number of hydrogen-bond donors (Lipinski definition) is 1. The van der Waals surface area contributed by atoms with E-state index >= 15 is 0 Å². The van der Waals surface area contributed by atoms with Crippen molar-refractivity contribution in [2.75, 3.05) is 40.0 Å². The number of rotatable bonds is 9. The first-order valence-electron chi connectivity index (χ1n) is 14.5. The van der Waals surface area contributed by atoms with Gasteiger partial charge in [-0.2, -0.15) is 8.78 Å². The molecule has 2 aromatic rings. The molecule has 2 aliphatic rings. The fraction of sp³-hybridized carbons (Fsp3) is 0.633. The lowest BCUT2D eigenvalue weighted by Crippen LogP contribution is -2.48. The van der Waals surface area contributed by atoms with Gasteiger partial charge in [0.1, 0.15) is 6.10 Å². The summed E-state index contributed by atoms with van der Waals surface area (Å²) in [7, 11) is 1.82. The number of ether oxygens (including phenoxy) is 2. The van der Waals surface area contributed by atoms with E-state index in [-0.39, 0.29) is 29.8 Å². The minimum Gasteiger partial charge on any atom is -0.381 e. The third-order valence-corrected chi connectivity index (χ3v) is 6.92. The molecule has 4 rings (SSSR count). The molecule has 1 amide bonds. The summed E-state index contributed by atoms with van der Waals surface area (Å²) in [6, 6.07) is 6.24. The Morgan fingerprint density at radius 1 is 1.17 bits per heavy atom. The predicted molar refractivity (Wildman–Crippen MR) is 158 cm³/mol. The molecule has 1 atom stereocenters. The maximum Gasteiger partial charge on any atom is 0.300 e. The largest absolute Gasteiger partial charge is 0.381 e. The number of hydrogen-bond acceptors (Lipinski definition) is 7. The van der Waals surface area contributed by atoms with Gasteiger partial charge < -0.3 is 25.0 Å². The minimum absolute atomic E-state index is 0.0225. The Balaban J connectivity index is 0.000000236. The number of benzene rings is 1. The molecule has 2 N–H and O–H groups in total. The highest BCUT2D eigenvalue weighted by atomic mass is 35.5. The van der Waals surface area contributed by atoms with Crippen molar-refractivity contribution in [3.05, 3.63) is 57.6 Å². The number of nitrogens with zero attached hydrogens (tertiary/aromatic N) is 4. The van der Waals surface area contributed by atoms with Crippen LogP contribution in [0, 0.1) is 0 Å². The molecule has 41 heavy (non-hydrogen) atoms. The average Bonchev–Trinajstić information content (AvgIpc) is 3.41. The van der Waals surface area contributed by atoms with Gasteiger partial charge >= 0.3 is 0 Å². The van der Waals surface area contributed by atoms with E-state index in [1.807, 2.05) is 25.8 Å². The van der Waals surface area contributed by atoms with Gasteiger partial charge in [0.05, 0.1) is 24.5 Å². The van der Waals surface area contributed by atoms with Crippen molar-refractivity contribution in [2.24, 2.45) is 5.73 Å². The number of morpholine rings is 1. The Bertz CT molecular complexity index is 1090. The quantitative estimate of drug-likeness (QED) is 0.308. The molecule has 1 saturated heterocycles. The number of aryl methyl sites for hydroxylation is 1. The summed E-state index contributed by atoms with van der Waals surface area (Å²) in [4.78, 5) is 23.7. The number of amides is 1. The summed E-state index contributed by atoms with van der Waals surface area (Å²) < 4.78 is 39.0. The molecule has 11 heteroatoms. The highest BCUT2D eigenvalue weighted by Crippen LogP contribution is 2.35. The number of carbonyl (C=O) groups is 1. The molecule has 230 valence electrons. The van der Waals surface area contributed by atoms with E-state index in [1.54, 1.807) is 17.0 Å². The average molecular weight is 598 g/mol. The Kier molecular flexibility index (Phi) is 15.1. The smallest absolute Gasteiger partial charge is 0.300 e. The van der Waals surface area contributed by atoms with Gasteiger partial charge in [0.2, 0.25) is 11.2 Å². The fourth-order valence-corrected chi connectivity index (χ4v) is 4.67. The Morgan fingerprint density at radius 2 is 1.88 bits per heavy atom. The van der Waals surface area contributed by atoms with Crippen molar-refractivity contribution in [3.8, 4) is 0 Å². The van der Waals surface area contributed by atoms with Gasteiger partial charge in [-0.05, 0) is 49.5 Å². The molecule has 1 unspecified atom stereocenters. The zero-order valence-electron chi connectivity index (χ0n) is 25.1. The number of nitrogens with two attached hydrogens (primary N) is 1. The number of halogens is 3. The number of alkyl halides is 2. The minimum atomic E-state index is -2.99. The van der Waals surface area contributed by atoms with Crippen LogP contribution >= 0.6 is 11.6 Å². The van der Waals surface area contributed by atoms with E-state index in [9.17, 15) is 13.6 Å².